The number of rotatable bonds is 6. The minimum Gasteiger partial charge on any atom is -0.492 e. The van der Waals surface area contributed by atoms with E-state index < -0.39 is 0 Å². The van der Waals surface area contributed by atoms with E-state index in [4.69, 9.17) is 10.6 Å². The third-order valence-electron chi connectivity index (χ3n) is 4.46. The van der Waals surface area contributed by atoms with Crippen LogP contribution in [0.25, 0.3) is 0 Å². The topological polar surface area (TPSA) is 60.2 Å². The Bertz CT molecular complexity index is 402. The molecule has 0 saturated heterocycles. The Balaban J connectivity index is 2.27. The summed E-state index contributed by atoms with van der Waals surface area (Å²) in [5, 5.41) is 0. The summed E-state index contributed by atoms with van der Waals surface area (Å²) < 4.78 is 5.54. The molecule has 0 bridgehead atoms. The highest BCUT2D eigenvalue weighted by molar-refractivity contribution is 5.27. The largest absolute Gasteiger partial charge is 0.492 e. The first-order chi connectivity index (χ1) is 9.25. The van der Waals surface area contributed by atoms with E-state index in [-0.39, 0.29) is 11.5 Å². The molecule has 1 aromatic rings. The smallest absolute Gasteiger partial charge is 0.137 e. The lowest BCUT2D eigenvalue weighted by Gasteiger charge is -2.36. The van der Waals surface area contributed by atoms with Crippen LogP contribution in [0.1, 0.15) is 57.6 Å². The van der Waals surface area contributed by atoms with E-state index in [1.807, 2.05) is 13.1 Å². The third kappa shape index (κ3) is 2.90. The highest BCUT2D eigenvalue weighted by Gasteiger charge is 2.40. The van der Waals surface area contributed by atoms with Crippen molar-refractivity contribution in [2.24, 2.45) is 11.3 Å². The second-order valence-electron chi connectivity index (χ2n) is 5.41. The number of hydrogen-bond donors (Lipinski definition) is 2. The fourth-order valence-corrected chi connectivity index (χ4v) is 3.39. The van der Waals surface area contributed by atoms with Crippen LogP contribution < -0.4 is 16.0 Å². The van der Waals surface area contributed by atoms with Gasteiger partial charge in [0.1, 0.15) is 5.75 Å². The molecule has 1 unspecified atom stereocenters. The van der Waals surface area contributed by atoms with E-state index in [0.29, 0.717) is 6.61 Å². The summed E-state index contributed by atoms with van der Waals surface area (Å²) in [6, 6.07) is 2.23. The van der Waals surface area contributed by atoms with Crippen LogP contribution in [0.3, 0.4) is 0 Å². The van der Waals surface area contributed by atoms with Gasteiger partial charge in [0, 0.05) is 6.20 Å². The van der Waals surface area contributed by atoms with Crippen LogP contribution in [0, 0.1) is 5.41 Å². The van der Waals surface area contributed by atoms with Gasteiger partial charge in [-0.3, -0.25) is 16.3 Å². The second-order valence-corrected chi connectivity index (χ2v) is 5.41. The lowest BCUT2D eigenvalue weighted by atomic mass is 9.74. The Morgan fingerprint density at radius 3 is 2.68 bits per heavy atom. The Morgan fingerprint density at radius 1 is 1.37 bits per heavy atom. The van der Waals surface area contributed by atoms with Crippen LogP contribution in [0.15, 0.2) is 18.5 Å². The van der Waals surface area contributed by atoms with E-state index >= 15 is 0 Å². The Hall–Kier alpha value is -1.13. The normalized spacial score (nSPS) is 19.3. The summed E-state index contributed by atoms with van der Waals surface area (Å²) in [5.41, 5.74) is 4.43. The Labute approximate surface area is 115 Å². The molecule has 0 aromatic carbocycles. The maximum atomic E-state index is 5.85. The molecule has 0 radical (unpaired) electrons. The second kappa shape index (κ2) is 6.35. The van der Waals surface area contributed by atoms with Crippen molar-refractivity contribution >= 4 is 0 Å². The predicted octanol–water partition coefficient (Wildman–Crippen LogP) is 2.96. The lowest BCUT2D eigenvalue weighted by molar-refractivity contribution is 0.187. The van der Waals surface area contributed by atoms with Crippen LogP contribution in [-0.4, -0.2) is 11.6 Å². The van der Waals surface area contributed by atoms with Gasteiger partial charge in [-0.15, -0.1) is 0 Å². The highest BCUT2D eigenvalue weighted by atomic mass is 16.5. The summed E-state index contributed by atoms with van der Waals surface area (Å²) in [4.78, 5) is 4.29. The van der Waals surface area contributed by atoms with Gasteiger partial charge in [-0.25, -0.2) is 0 Å². The zero-order valence-corrected chi connectivity index (χ0v) is 12.0. The Kier molecular flexibility index (Phi) is 4.77. The van der Waals surface area contributed by atoms with Gasteiger partial charge >= 0.3 is 0 Å². The number of ether oxygens (including phenoxy) is 1. The molecule has 1 fully saturated rings. The van der Waals surface area contributed by atoms with Crippen molar-refractivity contribution in [3.8, 4) is 5.75 Å². The molecule has 19 heavy (non-hydrogen) atoms. The summed E-state index contributed by atoms with van der Waals surface area (Å²) >= 11 is 0. The first kappa shape index (κ1) is 14.3. The van der Waals surface area contributed by atoms with Gasteiger partial charge in [-0.2, -0.15) is 0 Å². The number of hydrazine groups is 1. The summed E-state index contributed by atoms with van der Waals surface area (Å²) in [5.74, 6) is 6.67. The number of aromatic nitrogens is 1. The quantitative estimate of drug-likeness (QED) is 0.612. The molecule has 1 aliphatic rings. The average Bonchev–Trinajstić information content (AvgIpc) is 2.90. The van der Waals surface area contributed by atoms with Crippen molar-refractivity contribution in [3.05, 3.63) is 24.0 Å². The molecule has 3 N–H and O–H groups in total. The maximum absolute atomic E-state index is 5.85. The van der Waals surface area contributed by atoms with E-state index in [1.54, 1.807) is 6.20 Å². The molecule has 0 spiro atoms. The minimum atomic E-state index is 0.160. The molecular formula is C15H25N3O. The standard InChI is InChI=1S/C15H25N3O/c1-3-15(7-5-6-8-15)14(18-16)12-9-13(19-4-2)11-17-10-12/h9-11,14,18H,3-8,16H2,1-2H3. The van der Waals surface area contributed by atoms with Gasteiger partial charge in [0.25, 0.3) is 0 Å². The van der Waals surface area contributed by atoms with Crippen molar-refractivity contribution in [3.63, 3.8) is 0 Å². The third-order valence-corrected chi connectivity index (χ3v) is 4.46. The molecule has 0 aliphatic heterocycles. The molecule has 1 aliphatic carbocycles. The molecular weight excluding hydrogens is 238 g/mol. The summed E-state index contributed by atoms with van der Waals surface area (Å²) in [6.07, 6.45) is 9.86. The molecule has 1 heterocycles. The van der Waals surface area contributed by atoms with Gasteiger partial charge in [-0.05, 0) is 43.2 Å². The van der Waals surface area contributed by atoms with E-state index in [2.05, 4.69) is 23.4 Å². The van der Waals surface area contributed by atoms with Crippen molar-refractivity contribution < 1.29 is 4.74 Å². The van der Waals surface area contributed by atoms with E-state index in [1.165, 1.54) is 25.7 Å². The molecule has 1 aromatic heterocycles. The molecule has 0 amide bonds. The van der Waals surface area contributed by atoms with Crippen LogP contribution >= 0.6 is 0 Å². The van der Waals surface area contributed by atoms with Crippen molar-refractivity contribution in [2.75, 3.05) is 6.61 Å². The molecule has 1 atom stereocenters. The fraction of sp³-hybridized carbons (Fsp3) is 0.667. The van der Waals surface area contributed by atoms with Crippen LogP contribution in [0.2, 0.25) is 0 Å². The van der Waals surface area contributed by atoms with Crippen LogP contribution in [-0.2, 0) is 0 Å². The van der Waals surface area contributed by atoms with Crippen molar-refractivity contribution in [1.29, 1.82) is 0 Å². The number of nitrogens with zero attached hydrogens (tertiary/aromatic N) is 1. The molecule has 4 nitrogen and oxygen atoms in total. The first-order valence-corrected chi connectivity index (χ1v) is 7.29. The number of nitrogens with two attached hydrogens (primary N) is 1. The zero-order chi connectivity index (χ0) is 13.7. The van der Waals surface area contributed by atoms with E-state index in [0.717, 1.165) is 17.7 Å². The monoisotopic (exact) mass is 263 g/mol. The fourth-order valence-electron chi connectivity index (χ4n) is 3.39. The average molecular weight is 263 g/mol. The minimum absolute atomic E-state index is 0.160. The number of hydrogen-bond acceptors (Lipinski definition) is 4. The number of nitrogens with one attached hydrogen (secondary N) is 1. The van der Waals surface area contributed by atoms with Gasteiger partial charge in [-0.1, -0.05) is 19.8 Å². The first-order valence-electron chi connectivity index (χ1n) is 7.29. The van der Waals surface area contributed by atoms with Crippen LogP contribution in [0.5, 0.6) is 5.75 Å². The predicted molar refractivity (Wildman–Crippen MR) is 76.7 cm³/mol. The number of pyridine rings is 1. The van der Waals surface area contributed by atoms with Crippen molar-refractivity contribution in [2.45, 2.75) is 52.0 Å². The molecule has 106 valence electrons. The summed E-state index contributed by atoms with van der Waals surface area (Å²) in [6.45, 7) is 4.90. The lowest BCUT2D eigenvalue weighted by Crippen LogP contribution is -2.40. The Morgan fingerprint density at radius 2 is 2.11 bits per heavy atom. The SMILES string of the molecule is CCOc1cncc(C(NN)C2(CC)CCCC2)c1. The molecule has 2 rings (SSSR count). The molecule has 1 saturated carbocycles. The van der Waals surface area contributed by atoms with Gasteiger partial charge in [0.05, 0.1) is 18.8 Å². The maximum Gasteiger partial charge on any atom is 0.137 e. The van der Waals surface area contributed by atoms with Crippen molar-refractivity contribution in [1.82, 2.24) is 10.4 Å². The van der Waals surface area contributed by atoms with Crippen LogP contribution in [0.4, 0.5) is 0 Å². The highest BCUT2D eigenvalue weighted by Crippen LogP contribution is 2.49. The van der Waals surface area contributed by atoms with Gasteiger partial charge in [0.15, 0.2) is 0 Å². The zero-order valence-electron chi connectivity index (χ0n) is 12.0. The molecule has 4 heteroatoms. The van der Waals surface area contributed by atoms with Gasteiger partial charge < -0.3 is 4.74 Å². The summed E-state index contributed by atoms with van der Waals surface area (Å²) in [7, 11) is 0. The van der Waals surface area contributed by atoms with E-state index in [9.17, 15) is 0 Å². The van der Waals surface area contributed by atoms with Gasteiger partial charge in [0.2, 0.25) is 0 Å².